The maximum absolute atomic E-state index is 12.5. The average Bonchev–Trinajstić information content (AvgIpc) is 2.24. The van der Waals surface area contributed by atoms with Crippen LogP contribution in [0.4, 0.5) is 0 Å². The molecule has 3 heteroatoms. The van der Waals surface area contributed by atoms with Crippen molar-refractivity contribution in [1.29, 1.82) is 0 Å². The zero-order valence-corrected chi connectivity index (χ0v) is 15.2. The lowest BCUT2D eigenvalue weighted by Gasteiger charge is -2.56. The number of carbonyl (C=O) groups is 1. The van der Waals surface area contributed by atoms with Crippen molar-refractivity contribution in [2.75, 3.05) is 6.61 Å². The Morgan fingerprint density at radius 1 is 1.20 bits per heavy atom. The van der Waals surface area contributed by atoms with Crippen LogP contribution in [-0.2, 0) is 9.22 Å². The first-order valence-electron chi connectivity index (χ1n) is 8.23. The van der Waals surface area contributed by atoms with E-state index in [1.807, 2.05) is 0 Å². The molecule has 3 atom stereocenters. The zero-order valence-electron chi connectivity index (χ0n) is 14.2. The van der Waals surface area contributed by atoms with Gasteiger partial charge in [0.1, 0.15) is 5.78 Å². The minimum atomic E-state index is -1.55. The van der Waals surface area contributed by atoms with Gasteiger partial charge in [0, 0.05) is 18.9 Å². The maximum Gasteiger partial charge on any atom is 0.183 e. The van der Waals surface area contributed by atoms with Gasteiger partial charge in [0.15, 0.2) is 8.32 Å². The standard InChI is InChI=1S/C17H32O2Si/c1-16(2)10-7-11-17(3)13(12-19-20(4,5)6)14(18)8-9-15(16)17/h13,15H,7-12H2,1-6H3. The molecule has 3 unspecified atom stereocenters. The van der Waals surface area contributed by atoms with E-state index in [4.69, 9.17) is 4.43 Å². The fourth-order valence-corrected chi connectivity index (χ4v) is 5.42. The Labute approximate surface area is 125 Å². The van der Waals surface area contributed by atoms with Crippen LogP contribution in [0.2, 0.25) is 19.6 Å². The summed E-state index contributed by atoms with van der Waals surface area (Å²) in [4.78, 5) is 12.5. The summed E-state index contributed by atoms with van der Waals surface area (Å²) in [5, 5.41) is 0. The highest BCUT2D eigenvalue weighted by molar-refractivity contribution is 6.69. The normalized spacial score (nSPS) is 37.6. The molecular weight excluding hydrogens is 264 g/mol. The molecule has 0 N–H and O–H groups in total. The summed E-state index contributed by atoms with van der Waals surface area (Å²) in [5.74, 6) is 1.27. The third-order valence-electron chi connectivity index (χ3n) is 5.82. The summed E-state index contributed by atoms with van der Waals surface area (Å²) >= 11 is 0. The van der Waals surface area contributed by atoms with Gasteiger partial charge in [0.05, 0.1) is 0 Å². The van der Waals surface area contributed by atoms with Crippen molar-refractivity contribution in [2.24, 2.45) is 22.7 Å². The quantitative estimate of drug-likeness (QED) is 0.709. The molecule has 2 fully saturated rings. The lowest BCUT2D eigenvalue weighted by Crippen LogP contribution is -2.53. The lowest BCUT2D eigenvalue weighted by molar-refractivity contribution is -0.145. The molecule has 2 aliphatic rings. The number of Topliss-reactive ketones (excluding diaryl/α,β-unsaturated/α-hetero) is 1. The Morgan fingerprint density at radius 2 is 1.85 bits per heavy atom. The molecule has 0 heterocycles. The van der Waals surface area contributed by atoms with Crippen LogP contribution in [0, 0.1) is 22.7 Å². The Morgan fingerprint density at radius 3 is 2.45 bits per heavy atom. The first-order chi connectivity index (χ1) is 9.06. The minimum Gasteiger partial charge on any atom is -0.417 e. The van der Waals surface area contributed by atoms with E-state index in [9.17, 15) is 4.79 Å². The first-order valence-corrected chi connectivity index (χ1v) is 11.6. The molecule has 0 amide bonds. The van der Waals surface area contributed by atoms with Crippen LogP contribution in [-0.4, -0.2) is 20.7 Å². The van der Waals surface area contributed by atoms with Crippen molar-refractivity contribution in [3.8, 4) is 0 Å². The molecule has 0 saturated heterocycles. The second-order valence-corrected chi connectivity index (χ2v) is 13.4. The van der Waals surface area contributed by atoms with Gasteiger partial charge in [0.2, 0.25) is 0 Å². The van der Waals surface area contributed by atoms with Gasteiger partial charge in [0.25, 0.3) is 0 Å². The number of rotatable bonds is 3. The van der Waals surface area contributed by atoms with Gasteiger partial charge in [-0.1, -0.05) is 27.2 Å². The van der Waals surface area contributed by atoms with Crippen LogP contribution in [0.1, 0.15) is 52.9 Å². The lowest BCUT2D eigenvalue weighted by atomic mass is 9.48. The fourth-order valence-electron chi connectivity index (χ4n) is 4.75. The average molecular weight is 297 g/mol. The fraction of sp³-hybridized carbons (Fsp3) is 0.941. The van der Waals surface area contributed by atoms with E-state index in [1.165, 1.54) is 19.3 Å². The van der Waals surface area contributed by atoms with Crippen molar-refractivity contribution in [2.45, 2.75) is 72.5 Å². The van der Waals surface area contributed by atoms with E-state index >= 15 is 0 Å². The highest BCUT2D eigenvalue weighted by atomic mass is 28.4. The van der Waals surface area contributed by atoms with Crippen molar-refractivity contribution in [1.82, 2.24) is 0 Å². The largest absolute Gasteiger partial charge is 0.417 e. The van der Waals surface area contributed by atoms with Crippen molar-refractivity contribution < 1.29 is 9.22 Å². The van der Waals surface area contributed by atoms with E-state index in [0.29, 0.717) is 23.7 Å². The summed E-state index contributed by atoms with van der Waals surface area (Å²) in [6.45, 7) is 14.5. The molecule has 0 aromatic heterocycles. The minimum absolute atomic E-state index is 0.132. The molecule has 0 spiro atoms. The molecule has 2 nitrogen and oxygen atoms in total. The van der Waals surface area contributed by atoms with Crippen LogP contribution in [0.15, 0.2) is 0 Å². The summed E-state index contributed by atoms with van der Waals surface area (Å²) < 4.78 is 6.14. The summed E-state index contributed by atoms with van der Waals surface area (Å²) in [5.41, 5.74) is 0.543. The second kappa shape index (κ2) is 5.24. The molecule has 0 aliphatic heterocycles. The summed E-state index contributed by atoms with van der Waals surface area (Å²) in [6.07, 6.45) is 5.63. The predicted molar refractivity (Wildman–Crippen MR) is 86.3 cm³/mol. The molecule has 2 aliphatic carbocycles. The Hall–Kier alpha value is -0.153. The van der Waals surface area contributed by atoms with Crippen LogP contribution < -0.4 is 0 Å². The van der Waals surface area contributed by atoms with E-state index < -0.39 is 8.32 Å². The highest BCUT2D eigenvalue weighted by Crippen LogP contribution is 2.59. The zero-order chi connectivity index (χ0) is 15.2. The van der Waals surface area contributed by atoms with Crippen LogP contribution in [0.3, 0.4) is 0 Å². The smallest absolute Gasteiger partial charge is 0.183 e. The Balaban J connectivity index is 2.22. The Kier molecular flexibility index (Phi) is 4.25. The highest BCUT2D eigenvalue weighted by Gasteiger charge is 2.54. The van der Waals surface area contributed by atoms with Gasteiger partial charge in [-0.25, -0.2) is 0 Å². The molecule has 0 radical (unpaired) electrons. The SMILES string of the molecule is CC1(C)CCCC2(C)C(CO[Si](C)(C)C)C(=O)CCC12. The van der Waals surface area contributed by atoms with Gasteiger partial charge in [-0.05, 0) is 55.7 Å². The maximum atomic E-state index is 12.5. The third kappa shape index (κ3) is 3.04. The molecule has 0 aromatic carbocycles. The Bertz CT molecular complexity index is 383. The van der Waals surface area contributed by atoms with Gasteiger partial charge in [-0.15, -0.1) is 0 Å². The summed E-state index contributed by atoms with van der Waals surface area (Å²) in [7, 11) is -1.55. The van der Waals surface area contributed by atoms with Gasteiger partial charge < -0.3 is 4.43 Å². The molecule has 0 bridgehead atoms. The number of hydrogen-bond donors (Lipinski definition) is 0. The predicted octanol–water partition coefficient (Wildman–Crippen LogP) is 4.65. The van der Waals surface area contributed by atoms with Crippen molar-refractivity contribution >= 4 is 14.1 Å². The summed E-state index contributed by atoms with van der Waals surface area (Å²) in [6, 6.07) is 0. The van der Waals surface area contributed by atoms with E-state index in [2.05, 4.69) is 40.4 Å². The van der Waals surface area contributed by atoms with Crippen LogP contribution in [0.5, 0.6) is 0 Å². The third-order valence-corrected chi connectivity index (χ3v) is 6.86. The number of hydrogen-bond acceptors (Lipinski definition) is 2. The number of fused-ring (bicyclic) bond motifs is 1. The van der Waals surface area contributed by atoms with Crippen LogP contribution >= 0.6 is 0 Å². The van der Waals surface area contributed by atoms with Gasteiger partial charge in [-0.3, -0.25) is 4.79 Å². The molecule has 0 aromatic rings. The molecule has 116 valence electrons. The molecule has 2 saturated carbocycles. The monoisotopic (exact) mass is 296 g/mol. The van der Waals surface area contributed by atoms with Gasteiger partial charge >= 0.3 is 0 Å². The van der Waals surface area contributed by atoms with Crippen molar-refractivity contribution in [3.63, 3.8) is 0 Å². The van der Waals surface area contributed by atoms with Crippen LogP contribution in [0.25, 0.3) is 0 Å². The van der Waals surface area contributed by atoms with E-state index in [0.717, 1.165) is 12.8 Å². The van der Waals surface area contributed by atoms with Crippen molar-refractivity contribution in [3.05, 3.63) is 0 Å². The first kappa shape index (κ1) is 16.2. The molecule has 2 rings (SSSR count). The number of ketones is 1. The number of carbonyl (C=O) groups excluding carboxylic acids is 1. The second-order valence-electron chi connectivity index (χ2n) is 8.88. The van der Waals surface area contributed by atoms with E-state index in [1.54, 1.807) is 0 Å². The van der Waals surface area contributed by atoms with Gasteiger partial charge in [-0.2, -0.15) is 0 Å². The van der Waals surface area contributed by atoms with E-state index in [-0.39, 0.29) is 11.3 Å². The molecule has 20 heavy (non-hydrogen) atoms. The molecular formula is C17H32O2Si. The topological polar surface area (TPSA) is 26.3 Å².